The number of carbonyl (C=O) groups is 1. The van der Waals surface area contributed by atoms with Gasteiger partial charge in [0.25, 0.3) is 6.47 Å². The second-order valence-electron chi connectivity index (χ2n) is 3.25. The smallest absolute Gasteiger partial charge is 0.429 e. The van der Waals surface area contributed by atoms with Crippen LogP contribution in [-0.2, 0) is 4.79 Å². The highest BCUT2D eigenvalue weighted by molar-refractivity contribution is 5.54. The van der Waals surface area contributed by atoms with E-state index in [4.69, 9.17) is 5.26 Å². The van der Waals surface area contributed by atoms with Crippen LogP contribution in [0.3, 0.4) is 0 Å². The molecule has 94 valence electrons. The van der Waals surface area contributed by atoms with E-state index in [1.165, 1.54) is 18.2 Å². The minimum atomic E-state index is -0.744. The minimum Gasteiger partial charge on any atom is -0.429 e. The van der Waals surface area contributed by atoms with Gasteiger partial charge in [-0.1, -0.05) is 4.98 Å². The van der Waals surface area contributed by atoms with Crippen LogP contribution in [0.25, 0.3) is 5.69 Å². The molecule has 0 saturated heterocycles. The van der Waals surface area contributed by atoms with Gasteiger partial charge in [0.2, 0.25) is 6.33 Å². The van der Waals surface area contributed by atoms with E-state index in [0.717, 1.165) is 11.0 Å². The van der Waals surface area contributed by atoms with Crippen molar-refractivity contribution in [2.75, 3.05) is 0 Å². The first kappa shape index (κ1) is 12.2. The second kappa shape index (κ2) is 4.92. The van der Waals surface area contributed by atoms with Gasteiger partial charge in [-0.3, -0.25) is 4.79 Å². The molecule has 0 fully saturated rings. The normalized spacial score (nSPS) is 9.63. The van der Waals surface area contributed by atoms with Crippen molar-refractivity contribution in [3.05, 3.63) is 40.2 Å². The summed E-state index contributed by atoms with van der Waals surface area (Å²) in [6.07, 6.45) is 1.12. The van der Waals surface area contributed by atoms with Gasteiger partial charge < -0.3 is 14.9 Å². The first-order valence-electron chi connectivity index (χ1n) is 4.86. The van der Waals surface area contributed by atoms with Gasteiger partial charge in [0, 0.05) is 11.2 Å². The Morgan fingerprint density at radius 1 is 1.53 bits per heavy atom. The number of nitrogens with zero attached hydrogens (tertiary/aromatic N) is 5. The summed E-state index contributed by atoms with van der Waals surface area (Å²) in [4.78, 5) is 23.4. The summed E-state index contributed by atoms with van der Waals surface area (Å²) in [5, 5.41) is 23.1. The van der Waals surface area contributed by atoms with Crippen LogP contribution in [0.4, 0.5) is 5.95 Å². The van der Waals surface area contributed by atoms with E-state index in [2.05, 4.69) is 14.8 Å². The molecule has 0 unspecified atom stereocenters. The Morgan fingerprint density at radius 3 is 2.89 bits per heavy atom. The molecule has 0 aliphatic heterocycles. The number of hydrogen-bond donors (Lipinski definition) is 0. The van der Waals surface area contributed by atoms with E-state index in [1.54, 1.807) is 0 Å². The molecule has 19 heavy (non-hydrogen) atoms. The van der Waals surface area contributed by atoms with E-state index < -0.39 is 10.9 Å². The maximum Gasteiger partial charge on any atom is 0.491 e. The van der Waals surface area contributed by atoms with Gasteiger partial charge in [0.15, 0.2) is 0 Å². The summed E-state index contributed by atoms with van der Waals surface area (Å²) >= 11 is 0. The molecule has 2 aromatic rings. The largest absolute Gasteiger partial charge is 0.491 e. The average molecular weight is 259 g/mol. The van der Waals surface area contributed by atoms with Crippen LogP contribution in [0.1, 0.15) is 5.56 Å². The van der Waals surface area contributed by atoms with E-state index >= 15 is 0 Å². The Hall–Kier alpha value is -3.28. The van der Waals surface area contributed by atoms with Crippen LogP contribution in [0.15, 0.2) is 24.5 Å². The van der Waals surface area contributed by atoms with Crippen LogP contribution in [0.2, 0.25) is 0 Å². The van der Waals surface area contributed by atoms with Crippen molar-refractivity contribution in [1.29, 1.82) is 5.26 Å². The molecule has 1 aromatic carbocycles. The van der Waals surface area contributed by atoms with Gasteiger partial charge in [0.05, 0.1) is 5.56 Å². The molecule has 2 rings (SSSR count). The summed E-state index contributed by atoms with van der Waals surface area (Å²) in [5.74, 6) is -0.387. The Balaban J connectivity index is 2.46. The number of nitro groups is 1. The lowest BCUT2D eigenvalue weighted by Crippen LogP contribution is -2.00. The Bertz CT molecular complexity index is 687. The summed E-state index contributed by atoms with van der Waals surface area (Å²) in [7, 11) is 0. The standard InChI is InChI=1S/C10H5N5O4/c11-4-7-3-8(19-6-16)1-2-9(7)14-5-12-10(13-14)15(17)18/h1-3,5-6H. The quantitative estimate of drug-likeness (QED) is 0.446. The average Bonchev–Trinajstić information content (AvgIpc) is 2.88. The zero-order valence-electron chi connectivity index (χ0n) is 9.26. The fourth-order valence-corrected chi connectivity index (χ4v) is 1.39. The van der Waals surface area contributed by atoms with Gasteiger partial charge in [-0.2, -0.15) is 5.26 Å². The first-order valence-corrected chi connectivity index (χ1v) is 4.86. The molecule has 0 spiro atoms. The van der Waals surface area contributed by atoms with E-state index in [1.807, 2.05) is 6.07 Å². The molecule has 0 aliphatic rings. The van der Waals surface area contributed by atoms with Crippen molar-refractivity contribution < 1.29 is 14.5 Å². The Labute approximate surface area is 105 Å². The number of nitriles is 1. The number of ether oxygens (including phenoxy) is 1. The van der Waals surface area contributed by atoms with Crippen molar-refractivity contribution in [1.82, 2.24) is 14.8 Å². The highest BCUT2D eigenvalue weighted by Gasteiger charge is 2.17. The molecule has 0 radical (unpaired) electrons. The third-order valence-corrected chi connectivity index (χ3v) is 2.16. The number of benzene rings is 1. The molecular weight excluding hydrogens is 254 g/mol. The zero-order chi connectivity index (χ0) is 13.8. The van der Waals surface area contributed by atoms with Crippen molar-refractivity contribution in [3.63, 3.8) is 0 Å². The lowest BCUT2D eigenvalue weighted by Gasteiger charge is -2.02. The highest BCUT2D eigenvalue weighted by atomic mass is 16.6. The van der Waals surface area contributed by atoms with Crippen molar-refractivity contribution >= 4 is 12.4 Å². The number of aromatic nitrogens is 3. The molecule has 0 N–H and O–H groups in total. The summed E-state index contributed by atoms with van der Waals surface area (Å²) in [5.41, 5.74) is 0.431. The number of rotatable bonds is 4. The van der Waals surface area contributed by atoms with Crippen LogP contribution in [0, 0.1) is 21.4 Å². The van der Waals surface area contributed by atoms with Crippen LogP contribution >= 0.6 is 0 Å². The molecule has 0 aliphatic carbocycles. The molecule has 0 amide bonds. The zero-order valence-corrected chi connectivity index (χ0v) is 9.26. The monoisotopic (exact) mass is 259 g/mol. The molecule has 0 bridgehead atoms. The highest BCUT2D eigenvalue weighted by Crippen LogP contribution is 2.20. The van der Waals surface area contributed by atoms with Crippen LogP contribution < -0.4 is 4.74 Å². The van der Waals surface area contributed by atoms with E-state index in [-0.39, 0.29) is 17.8 Å². The van der Waals surface area contributed by atoms with Gasteiger partial charge in [-0.25, -0.2) is 0 Å². The second-order valence-corrected chi connectivity index (χ2v) is 3.25. The minimum absolute atomic E-state index is 0.138. The maximum atomic E-state index is 10.5. The molecule has 0 atom stereocenters. The first-order chi connectivity index (χ1) is 9.15. The van der Waals surface area contributed by atoms with E-state index in [0.29, 0.717) is 5.69 Å². The van der Waals surface area contributed by atoms with Crippen molar-refractivity contribution in [3.8, 4) is 17.5 Å². The molecule has 1 heterocycles. The van der Waals surface area contributed by atoms with E-state index in [9.17, 15) is 14.9 Å². The molecule has 0 saturated carbocycles. The molecule has 9 nitrogen and oxygen atoms in total. The molecule has 9 heteroatoms. The lowest BCUT2D eigenvalue weighted by atomic mass is 10.2. The van der Waals surface area contributed by atoms with Crippen molar-refractivity contribution in [2.24, 2.45) is 0 Å². The van der Waals surface area contributed by atoms with Gasteiger partial charge >= 0.3 is 5.95 Å². The third-order valence-electron chi connectivity index (χ3n) is 2.16. The SMILES string of the molecule is N#Cc1cc(OC=O)ccc1-n1cnc([N+](=O)[O-])n1. The molecular formula is C10H5N5O4. The van der Waals surface area contributed by atoms with Crippen LogP contribution in [0.5, 0.6) is 5.75 Å². The number of carbonyl (C=O) groups excluding carboxylic acids is 1. The predicted octanol–water partition coefficient (Wildman–Crippen LogP) is 0.582. The lowest BCUT2D eigenvalue weighted by molar-refractivity contribution is -0.394. The summed E-state index contributed by atoms with van der Waals surface area (Å²) < 4.78 is 5.70. The topological polar surface area (TPSA) is 124 Å². The fourth-order valence-electron chi connectivity index (χ4n) is 1.39. The Kier molecular flexibility index (Phi) is 3.16. The fraction of sp³-hybridized carbons (Fsp3) is 0. The molecule has 1 aromatic heterocycles. The Morgan fingerprint density at radius 2 is 2.32 bits per heavy atom. The maximum absolute atomic E-state index is 10.5. The van der Waals surface area contributed by atoms with Gasteiger partial charge in [0.1, 0.15) is 17.5 Å². The summed E-state index contributed by atoms with van der Waals surface area (Å²) in [6.45, 7) is 0.233. The van der Waals surface area contributed by atoms with Crippen LogP contribution in [-0.4, -0.2) is 26.2 Å². The van der Waals surface area contributed by atoms with Gasteiger partial charge in [-0.15, -0.1) is 4.68 Å². The number of hydrogen-bond acceptors (Lipinski definition) is 7. The summed E-state index contributed by atoms with van der Waals surface area (Å²) in [6, 6.07) is 6.06. The predicted molar refractivity (Wildman–Crippen MR) is 59.4 cm³/mol. The third kappa shape index (κ3) is 2.37. The van der Waals surface area contributed by atoms with Gasteiger partial charge in [-0.05, 0) is 17.1 Å². The van der Waals surface area contributed by atoms with Crippen molar-refractivity contribution in [2.45, 2.75) is 0 Å².